The van der Waals surface area contributed by atoms with Crippen LogP contribution in [0.2, 0.25) is 0 Å². The fourth-order valence-corrected chi connectivity index (χ4v) is 3.95. The summed E-state index contributed by atoms with van der Waals surface area (Å²) in [5.41, 5.74) is 0. The average molecular weight is 419 g/mol. The summed E-state index contributed by atoms with van der Waals surface area (Å²) in [5, 5.41) is 0. The van der Waals surface area contributed by atoms with E-state index < -0.39 is 0 Å². The average Bonchev–Trinajstić information content (AvgIpc) is 2.75. The van der Waals surface area contributed by atoms with Gasteiger partial charge in [0.2, 0.25) is 0 Å². The SMILES string of the molecule is CCCCCCCCCCCCC=CC(=O)C=CCCCCCCCCCCCC. The van der Waals surface area contributed by atoms with Crippen molar-refractivity contribution in [3.63, 3.8) is 0 Å². The Hall–Kier alpha value is -0.850. The van der Waals surface area contributed by atoms with E-state index in [2.05, 4.69) is 26.0 Å². The van der Waals surface area contributed by atoms with Crippen LogP contribution in [-0.4, -0.2) is 5.78 Å². The molecule has 0 aliphatic carbocycles. The number of hydrogen-bond acceptors (Lipinski definition) is 1. The van der Waals surface area contributed by atoms with Crippen molar-refractivity contribution in [1.29, 1.82) is 0 Å². The molecule has 1 nitrogen and oxygen atoms in total. The number of rotatable bonds is 24. The third-order valence-electron chi connectivity index (χ3n) is 6.01. The molecule has 0 spiro atoms. The van der Waals surface area contributed by atoms with Crippen molar-refractivity contribution in [2.75, 3.05) is 0 Å². The van der Waals surface area contributed by atoms with Crippen LogP contribution < -0.4 is 0 Å². The van der Waals surface area contributed by atoms with Gasteiger partial charge in [-0.3, -0.25) is 4.79 Å². The molecule has 0 aromatic heterocycles. The first-order valence-corrected chi connectivity index (χ1v) is 13.7. The molecule has 176 valence electrons. The normalized spacial score (nSPS) is 11.8. The zero-order valence-corrected chi connectivity index (χ0v) is 20.8. The van der Waals surface area contributed by atoms with Crippen LogP contribution in [0.5, 0.6) is 0 Å². The Morgan fingerprint density at radius 3 is 1.00 bits per heavy atom. The van der Waals surface area contributed by atoms with Crippen molar-refractivity contribution in [2.45, 2.75) is 155 Å². The van der Waals surface area contributed by atoms with Crippen LogP contribution >= 0.6 is 0 Å². The van der Waals surface area contributed by atoms with Gasteiger partial charge >= 0.3 is 0 Å². The van der Waals surface area contributed by atoms with Crippen LogP contribution in [0.4, 0.5) is 0 Å². The number of carbonyl (C=O) groups is 1. The first-order valence-electron chi connectivity index (χ1n) is 13.7. The lowest BCUT2D eigenvalue weighted by Gasteiger charge is -2.01. The van der Waals surface area contributed by atoms with E-state index in [0.717, 1.165) is 12.8 Å². The molecule has 0 saturated heterocycles. The standard InChI is InChI=1S/C29H54O/c1-3-5-7-9-11-13-15-17-19-21-23-25-27-29(30)28-26-24-22-20-18-16-14-12-10-8-6-4-2/h25-28H,3-24H2,1-2H3. The van der Waals surface area contributed by atoms with E-state index in [1.165, 1.54) is 128 Å². The first-order chi connectivity index (χ1) is 14.8. The third kappa shape index (κ3) is 25.2. The monoisotopic (exact) mass is 418 g/mol. The van der Waals surface area contributed by atoms with Crippen LogP contribution in [0.3, 0.4) is 0 Å². The molecule has 0 heterocycles. The Morgan fingerprint density at radius 1 is 0.433 bits per heavy atom. The van der Waals surface area contributed by atoms with Gasteiger partial charge in [-0.2, -0.15) is 0 Å². The predicted molar refractivity (Wildman–Crippen MR) is 136 cm³/mol. The number of allylic oxidation sites excluding steroid dienone is 4. The van der Waals surface area contributed by atoms with Crippen molar-refractivity contribution in [1.82, 2.24) is 0 Å². The quantitative estimate of drug-likeness (QED) is 0.112. The number of carbonyl (C=O) groups excluding carboxylic acids is 1. The summed E-state index contributed by atoms with van der Waals surface area (Å²) in [6, 6.07) is 0. The van der Waals surface area contributed by atoms with Gasteiger partial charge in [0.05, 0.1) is 0 Å². The van der Waals surface area contributed by atoms with Gasteiger partial charge in [0, 0.05) is 0 Å². The first kappa shape index (κ1) is 29.1. The fraction of sp³-hybridized carbons (Fsp3) is 0.828. The summed E-state index contributed by atoms with van der Waals surface area (Å²) in [6.07, 6.45) is 37.1. The van der Waals surface area contributed by atoms with Gasteiger partial charge < -0.3 is 0 Å². The van der Waals surface area contributed by atoms with Crippen molar-refractivity contribution >= 4 is 5.78 Å². The Kier molecular flexibility index (Phi) is 25.4. The zero-order valence-electron chi connectivity index (χ0n) is 20.8. The maximum Gasteiger partial charge on any atom is 0.177 e. The highest BCUT2D eigenvalue weighted by molar-refractivity contribution is 5.99. The van der Waals surface area contributed by atoms with Crippen molar-refractivity contribution in [2.24, 2.45) is 0 Å². The molecule has 0 aromatic rings. The summed E-state index contributed by atoms with van der Waals surface area (Å²) >= 11 is 0. The molecule has 0 aliphatic rings. The highest BCUT2D eigenvalue weighted by Crippen LogP contribution is 2.12. The Morgan fingerprint density at radius 2 is 0.700 bits per heavy atom. The Labute approximate surface area is 190 Å². The van der Waals surface area contributed by atoms with E-state index in [1.807, 2.05) is 0 Å². The van der Waals surface area contributed by atoms with E-state index in [1.54, 1.807) is 12.2 Å². The molecule has 0 fully saturated rings. The highest BCUT2D eigenvalue weighted by atomic mass is 16.1. The van der Waals surface area contributed by atoms with Crippen LogP contribution in [-0.2, 0) is 4.79 Å². The lowest BCUT2D eigenvalue weighted by atomic mass is 10.1. The van der Waals surface area contributed by atoms with Crippen LogP contribution in [0.25, 0.3) is 0 Å². The van der Waals surface area contributed by atoms with E-state index >= 15 is 0 Å². The second-order valence-electron chi connectivity index (χ2n) is 9.15. The van der Waals surface area contributed by atoms with Crippen molar-refractivity contribution < 1.29 is 4.79 Å². The summed E-state index contributed by atoms with van der Waals surface area (Å²) < 4.78 is 0. The number of unbranched alkanes of at least 4 members (excludes halogenated alkanes) is 20. The third-order valence-corrected chi connectivity index (χ3v) is 6.01. The molecule has 0 atom stereocenters. The molecule has 0 N–H and O–H groups in total. The summed E-state index contributed by atoms with van der Waals surface area (Å²) in [5.74, 6) is 0.161. The Balaban J connectivity index is 3.32. The highest BCUT2D eigenvalue weighted by Gasteiger charge is 1.94. The molecule has 0 aliphatic heterocycles. The van der Waals surface area contributed by atoms with E-state index in [4.69, 9.17) is 0 Å². The lowest BCUT2D eigenvalue weighted by molar-refractivity contribution is -0.110. The molecular formula is C29H54O. The smallest absolute Gasteiger partial charge is 0.177 e. The maximum absolute atomic E-state index is 11.8. The lowest BCUT2D eigenvalue weighted by Crippen LogP contribution is -1.86. The molecule has 0 saturated carbocycles. The molecule has 30 heavy (non-hydrogen) atoms. The molecule has 0 amide bonds. The molecule has 0 aromatic carbocycles. The van der Waals surface area contributed by atoms with E-state index in [-0.39, 0.29) is 5.78 Å². The predicted octanol–water partition coefficient (Wildman–Crippen LogP) is 10.3. The second kappa shape index (κ2) is 26.2. The van der Waals surface area contributed by atoms with Crippen LogP contribution in [0.15, 0.2) is 24.3 Å². The molecule has 0 bridgehead atoms. The maximum atomic E-state index is 11.8. The summed E-state index contributed by atoms with van der Waals surface area (Å²) in [6.45, 7) is 4.55. The van der Waals surface area contributed by atoms with Gasteiger partial charge in [0.25, 0.3) is 0 Å². The van der Waals surface area contributed by atoms with E-state index in [9.17, 15) is 4.79 Å². The van der Waals surface area contributed by atoms with Crippen LogP contribution in [0.1, 0.15) is 155 Å². The van der Waals surface area contributed by atoms with Crippen LogP contribution in [0, 0.1) is 0 Å². The fourth-order valence-electron chi connectivity index (χ4n) is 3.95. The second-order valence-corrected chi connectivity index (χ2v) is 9.15. The zero-order chi connectivity index (χ0) is 22.0. The van der Waals surface area contributed by atoms with Gasteiger partial charge in [-0.25, -0.2) is 0 Å². The van der Waals surface area contributed by atoms with Crippen molar-refractivity contribution in [3.05, 3.63) is 24.3 Å². The molecule has 0 radical (unpaired) electrons. The van der Waals surface area contributed by atoms with Gasteiger partial charge in [-0.15, -0.1) is 0 Å². The Bertz CT molecular complexity index is 357. The minimum atomic E-state index is 0.161. The number of ketones is 1. The molecule has 0 rings (SSSR count). The summed E-state index contributed by atoms with van der Waals surface area (Å²) in [4.78, 5) is 11.8. The minimum absolute atomic E-state index is 0.161. The van der Waals surface area contributed by atoms with Gasteiger partial charge in [0.1, 0.15) is 0 Å². The topological polar surface area (TPSA) is 17.1 Å². The van der Waals surface area contributed by atoms with Gasteiger partial charge in [-0.05, 0) is 37.8 Å². The van der Waals surface area contributed by atoms with Crippen molar-refractivity contribution in [3.8, 4) is 0 Å². The molecular weight excluding hydrogens is 364 g/mol. The summed E-state index contributed by atoms with van der Waals surface area (Å²) in [7, 11) is 0. The number of hydrogen-bond donors (Lipinski definition) is 0. The minimum Gasteiger partial charge on any atom is -0.290 e. The molecule has 1 heteroatoms. The van der Waals surface area contributed by atoms with Gasteiger partial charge in [0.15, 0.2) is 5.78 Å². The van der Waals surface area contributed by atoms with E-state index in [0.29, 0.717) is 0 Å². The van der Waals surface area contributed by atoms with Gasteiger partial charge in [-0.1, -0.05) is 142 Å². The largest absolute Gasteiger partial charge is 0.290 e. The molecule has 0 unspecified atom stereocenters.